The summed E-state index contributed by atoms with van der Waals surface area (Å²) in [6.45, 7) is 0.568. The zero-order valence-corrected chi connectivity index (χ0v) is 12.0. The fourth-order valence-corrected chi connectivity index (χ4v) is 2.09. The Morgan fingerprint density at radius 1 is 0.947 bits per heavy atom. The van der Waals surface area contributed by atoms with Crippen molar-refractivity contribution in [3.05, 3.63) is 12.2 Å². The van der Waals surface area contributed by atoms with Crippen LogP contribution in [0.4, 0.5) is 0 Å². The number of carbonyl (C=O) groups excluding carboxylic acids is 1. The first-order chi connectivity index (χ1) is 9.39. The maximum Gasteiger partial charge on any atom is 0.305 e. The fraction of sp³-hybridized carbons (Fsp3) is 0.706. The maximum atomic E-state index is 11.4. The number of esters is 1. The SMILES string of the molecule is O=C1CCCCCCCCC#C/C=C/CCCCO1. The minimum absolute atomic E-state index is 0.0254. The molecule has 0 saturated carbocycles. The molecule has 2 nitrogen and oxygen atoms in total. The average Bonchev–Trinajstić information content (AvgIpc) is 2.41. The van der Waals surface area contributed by atoms with Crippen molar-refractivity contribution in [2.24, 2.45) is 0 Å². The maximum absolute atomic E-state index is 11.4. The Morgan fingerprint density at radius 3 is 2.63 bits per heavy atom. The van der Waals surface area contributed by atoms with E-state index in [2.05, 4.69) is 17.9 Å². The fourth-order valence-electron chi connectivity index (χ4n) is 2.09. The van der Waals surface area contributed by atoms with Crippen LogP contribution in [-0.2, 0) is 9.53 Å². The molecular weight excluding hydrogens is 236 g/mol. The van der Waals surface area contributed by atoms with E-state index >= 15 is 0 Å². The van der Waals surface area contributed by atoms with Crippen LogP contribution >= 0.6 is 0 Å². The van der Waals surface area contributed by atoms with Gasteiger partial charge >= 0.3 is 5.97 Å². The van der Waals surface area contributed by atoms with Gasteiger partial charge in [0.1, 0.15) is 0 Å². The van der Waals surface area contributed by atoms with Crippen molar-refractivity contribution in [3.63, 3.8) is 0 Å². The summed E-state index contributed by atoms with van der Waals surface area (Å²) in [6, 6.07) is 0. The zero-order valence-electron chi connectivity index (χ0n) is 12.0. The van der Waals surface area contributed by atoms with Crippen molar-refractivity contribution in [2.75, 3.05) is 6.61 Å². The van der Waals surface area contributed by atoms with E-state index in [-0.39, 0.29) is 5.97 Å². The van der Waals surface area contributed by atoms with Gasteiger partial charge in [-0.05, 0) is 38.2 Å². The molecule has 0 amide bonds. The molecule has 0 atom stereocenters. The average molecular weight is 262 g/mol. The zero-order chi connectivity index (χ0) is 13.6. The molecule has 0 saturated heterocycles. The summed E-state index contributed by atoms with van der Waals surface area (Å²) < 4.78 is 5.20. The molecule has 2 heteroatoms. The Bertz CT molecular complexity index is 320. The van der Waals surface area contributed by atoms with Crippen LogP contribution in [-0.4, -0.2) is 12.6 Å². The summed E-state index contributed by atoms with van der Waals surface area (Å²) in [4.78, 5) is 11.4. The molecule has 19 heavy (non-hydrogen) atoms. The molecule has 1 heterocycles. The van der Waals surface area contributed by atoms with Crippen molar-refractivity contribution in [3.8, 4) is 11.8 Å². The van der Waals surface area contributed by atoms with Gasteiger partial charge in [-0.15, -0.1) is 0 Å². The van der Waals surface area contributed by atoms with Gasteiger partial charge in [-0.1, -0.05) is 43.6 Å². The van der Waals surface area contributed by atoms with E-state index < -0.39 is 0 Å². The first kappa shape index (κ1) is 15.8. The number of carbonyl (C=O) groups is 1. The second-order valence-corrected chi connectivity index (χ2v) is 5.06. The Hall–Kier alpha value is -1.23. The normalized spacial score (nSPS) is 22.2. The van der Waals surface area contributed by atoms with Gasteiger partial charge in [0, 0.05) is 12.8 Å². The van der Waals surface area contributed by atoms with Gasteiger partial charge in [0.2, 0.25) is 0 Å². The smallest absolute Gasteiger partial charge is 0.305 e. The molecule has 0 unspecified atom stereocenters. The number of hydrogen-bond acceptors (Lipinski definition) is 2. The number of allylic oxidation sites excluding steroid dienone is 2. The molecule has 1 rings (SSSR count). The first-order valence-corrected chi connectivity index (χ1v) is 7.68. The van der Waals surface area contributed by atoms with Gasteiger partial charge in [0.05, 0.1) is 6.61 Å². The molecular formula is C17H26O2. The third kappa shape index (κ3) is 10.4. The summed E-state index contributed by atoms with van der Waals surface area (Å²) in [5.41, 5.74) is 0. The number of hydrogen-bond donors (Lipinski definition) is 0. The van der Waals surface area contributed by atoms with E-state index in [1.54, 1.807) is 0 Å². The molecule has 0 N–H and O–H groups in total. The van der Waals surface area contributed by atoms with E-state index in [0.717, 1.165) is 38.5 Å². The van der Waals surface area contributed by atoms with Crippen LogP contribution in [0.15, 0.2) is 12.2 Å². The third-order valence-electron chi connectivity index (χ3n) is 3.26. The number of cyclic esters (lactones) is 1. The minimum Gasteiger partial charge on any atom is -0.466 e. The topological polar surface area (TPSA) is 26.3 Å². The minimum atomic E-state index is -0.0254. The van der Waals surface area contributed by atoms with E-state index in [1.165, 1.54) is 25.7 Å². The second-order valence-electron chi connectivity index (χ2n) is 5.06. The molecule has 0 aliphatic carbocycles. The van der Waals surface area contributed by atoms with Crippen molar-refractivity contribution < 1.29 is 9.53 Å². The molecule has 0 bridgehead atoms. The van der Waals surface area contributed by atoms with Crippen molar-refractivity contribution >= 4 is 5.97 Å². The standard InChI is InChI=1S/C17H26O2/c18-17-15-13-11-9-7-5-3-1-2-4-6-8-10-12-14-16-19-17/h6,8H,1,3,5,7,9-16H2/b8-6+. The lowest BCUT2D eigenvalue weighted by Crippen LogP contribution is -2.05. The van der Waals surface area contributed by atoms with Crippen LogP contribution in [0.2, 0.25) is 0 Å². The van der Waals surface area contributed by atoms with Crippen LogP contribution in [0.3, 0.4) is 0 Å². The summed E-state index contributed by atoms with van der Waals surface area (Å²) >= 11 is 0. The molecule has 0 aromatic carbocycles. The number of rotatable bonds is 0. The predicted octanol–water partition coefficient (Wildman–Crippen LogP) is 4.39. The van der Waals surface area contributed by atoms with Gasteiger partial charge in [-0.3, -0.25) is 4.79 Å². The lowest BCUT2D eigenvalue weighted by molar-refractivity contribution is -0.143. The second kappa shape index (κ2) is 11.8. The predicted molar refractivity (Wildman–Crippen MR) is 78.7 cm³/mol. The lowest BCUT2D eigenvalue weighted by atomic mass is 10.1. The molecule has 0 radical (unpaired) electrons. The highest BCUT2D eigenvalue weighted by Gasteiger charge is 2.02. The van der Waals surface area contributed by atoms with Crippen LogP contribution in [0.1, 0.15) is 70.6 Å². The Balaban J connectivity index is 2.25. The van der Waals surface area contributed by atoms with Crippen LogP contribution in [0, 0.1) is 11.8 Å². The first-order valence-electron chi connectivity index (χ1n) is 7.68. The molecule has 1 aliphatic heterocycles. The van der Waals surface area contributed by atoms with Crippen molar-refractivity contribution in [2.45, 2.75) is 70.6 Å². The number of ether oxygens (including phenoxy) is 1. The van der Waals surface area contributed by atoms with E-state index in [4.69, 9.17) is 4.74 Å². The van der Waals surface area contributed by atoms with E-state index in [0.29, 0.717) is 13.0 Å². The monoisotopic (exact) mass is 262 g/mol. The lowest BCUT2D eigenvalue weighted by Gasteiger charge is -2.04. The molecule has 0 aromatic heterocycles. The van der Waals surface area contributed by atoms with Gasteiger partial charge < -0.3 is 4.74 Å². The third-order valence-corrected chi connectivity index (χ3v) is 3.26. The summed E-state index contributed by atoms with van der Waals surface area (Å²) in [7, 11) is 0. The van der Waals surface area contributed by atoms with Gasteiger partial charge in [0.25, 0.3) is 0 Å². The highest BCUT2D eigenvalue weighted by Crippen LogP contribution is 2.09. The molecule has 0 fully saturated rings. The molecule has 1 aliphatic rings. The molecule has 106 valence electrons. The highest BCUT2D eigenvalue weighted by molar-refractivity contribution is 5.69. The van der Waals surface area contributed by atoms with Crippen LogP contribution in [0.25, 0.3) is 0 Å². The molecule has 0 aromatic rings. The van der Waals surface area contributed by atoms with Gasteiger partial charge in [-0.2, -0.15) is 0 Å². The van der Waals surface area contributed by atoms with Crippen LogP contribution < -0.4 is 0 Å². The van der Waals surface area contributed by atoms with E-state index in [9.17, 15) is 4.79 Å². The Labute approximate surface area is 117 Å². The summed E-state index contributed by atoms with van der Waals surface area (Å²) in [6.07, 6.45) is 15.7. The largest absolute Gasteiger partial charge is 0.466 e. The Kier molecular flexibility index (Phi) is 9.86. The van der Waals surface area contributed by atoms with Gasteiger partial charge in [0.15, 0.2) is 0 Å². The Morgan fingerprint density at radius 2 is 1.74 bits per heavy atom. The summed E-state index contributed by atoms with van der Waals surface area (Å²) in [5.74, 6) is 6.24. The molecule has 0 spiro atoms. The quantitative estimate of drug-likeness (QED) is 0.478. The highest BCUT2D eigenvalue weighted by atomic mass is 16.5. The summed E-state index contributed by atoms with van der Waals surface area (Å²) in [5, 5.41) is 0. The van der Waals surface area contributed by atoms with Gasteiger partial charge in [-0.25, -0.2) is 0 Å². The van der Waals surface area contributed by atoms with Crippen molar-refractivity contribution in [1.82, 2.24) is 0 Å². The van der Waals surface area contributed by atoms with E-state index in [1.807, 2.05) is 6.08 Å². The van der Waals surface area contributed by atoms with Crippen LogP contribution in [0.5, 0.6) is 0 Å². The van der Waals surface area contributed by atoms with Crippen molar-refractivity contribution in [1.29, 1.82) is 0 Å².